The molecule has 1 heterocycles. The van der Waals surface area contributed by atoms with Crippen molar-refractivity contribution in [2.75, 3.05) is 0 Å². The predicted molar refractivity (Wildman–Crippen MR) is 69.3 cm³/mol. The standard InChI is InChI=1S/C15H26N.ClHO4/c1-4-6-11-15(3,12-7-5-2)16-13-9-8-10-14-16;2-1(3,4)5/h8-10,13-14H,4-7,11-12H2,1-3H3;(H,2,3,4,5)/q+1;/p-1. The van der Waals surface area contributed by atoms with E-state index in [4.69, 9.17) is 18.6 Å². The summed E-state index contributed by atoms with van der Waals surface area (Å²) in [5.41, 5.74) is 0.313. The van der Waals surface area contributed by atoms with E-state index >= 15 is 0 Å². The maximum absolute atomic E-state index is 8.49. The second-order valence-corrected chi connectivity index (χ2v) is 6.12. The predicted octanol–water partition coefficient (Wildman–Crippen LogP) is -0.686. The van der Waals surface area contributed by atoms with Crippen molar-refractivity contribution in [1.29, 1.82) is 0 Å². The van der Waals surface area contributed by atoms with Crippen LogP contribution in [0.2, 0.25) is 0 Å². The monoisotopic (exact) mass is 319 g/mol. The van der Waals surface area contributed by atoms with Crippen LogP contribution in [-0.4, -0.2) is 0 Å². The molecule has 1 rings (SSSR count). The molecule has 1 aromatic heterocycles. The van der Waals surface area contributed by atoms with Gasteiger partial charge in [-0.1, -0.05) is 32.8 Å². The topological polar surface area (TPSA) is 96.1 Å². The third-order valence-electron chi connectivity index (χ3n) is 3.48. The van der Waals surface area contributed by atoms with Crippen LogP contribution in [0.25, 0.3) is 0 Å². The highest BCUT2D eigenvalue weighted by molar-refractivity contribution is 4.85. The molecule has 0 aliphatic rings. The maximum atomic E-state index is 8.49. The van der Waals surface area contributed by atoms with Gasteiger partial charge in [0.25, 0.3) is 0 Å². The number of hydrogen-bond acceptors (Lipinski definition) is 4. The number of nitrogens with zero attached hydrogens (tertiary/aromatic N) is 1. The van der Waals surface area contributed by atoms with Gasteiger partial charge in [0.05, 0.1) is 0 Å². The van der Waals surface area contributed by atoms with Gasteiger partial charge in [0.15, 0.2) is 17.9 Å². The highest BCUT2D eigenvalue weighted by atomic mass is 35.7. The molecular formula is C15H26ClNO4. The largest absolute Gasteiger partial charge is 0.222 e. The van der Waals surface area contributed by atoms with Crippen LogP contribution >= 0.6 is 0 Å². The second-order valence-electron chi connectivity index (χ2n) is 5.36. The minimum absolute atomic E-state index is 0.313. The van der Waals surface area contributed by atoms with Crippen molar-refractivity contribution < 1.29 is 33.4 Å². The van der Waals surface area contributed by atoms with E-state index in [0.717, 1.165) is 0 Å². The van der Waals surface area contributed by atoms with Gasteiger partial charge in [0.2, 0.25) is 0 Å². The zero-order chi connectivity index (χ0) is 16.4. The van der Waals surface area contributed by atoms with Crippen LogP contribution in [0.1, 0.15) is 59.3 Å². The minimum atomic E-state index is -4.94. The van der Waals surface area contributed by atoms with Crippen molar-refractivity contribution in [3.05, 3.63) is 30.6 Å². The molecule has 21 heavy (non-hydrogen) atoms. The molecular weight excluding hydrogens is 294 g/mol. The first-order valence-corrected chi connectivity index (χ1v) is 8.55. The Morgan fingerprint density at radius 3 is 1.57 bits per heavy atom. The molecule has 6 heteroatoms. The van der Waals surface area contributed by atoms with Crippen molar-refractivity contribution in [2.45, 2.75) is 64.8 Å². The fourth-order valence-electron chi connectivity index (χ4n) is 2.26. The van der Waals surface area contributed by atoms with E-state index in [1.165, 1.54) is 38.5 Å². The normalized spacial score (nSPS) is 11.8. The van der Waals surface area contributed by atoms with Gasteiger partial charge in [0.1, 0.15) is 0 Å². The fourth-order valence-corrected chi connectivity index (χ4v) is 2.26. The molecule has 0 radical (unpaired) electrons. The van der Waals surface area contributed by atoms with Gasteiger partial charge in [-0.15, -0.1) is 10.2 Å². The van der Waals surface area contributed by atoms with Gasteiger partial charge in [-0.05, 0) is 12.8 Å². The minimum Gasteiger partial charge on any atom is -0.222 e. The Morgan fingerprint density at radius 1 is 0.857 bits per heavy atom. The summed E-state index contributed by atoms with van der Waals surface area (Å²) < 4.78 is 36.4. The molecule has 0 N–H and O–H groups in total. The SMILES string of the molecule is CCCCC(C)(CCCC)[n+]1ccccc1.[O-][Cl+3]([O-])([O-])[O-]. The van der Waals surface area contributed by atoms with Crippen LogP contribution in [0.3, 0.4) is 0 Å². The number of rotatable bonds is 7. The summed E-state index contributed by atoms with van der Waals surface area (Å²) in [5, 5.41) is 0. The Bertz CT molecular complexity index is 354. The Kier molecular flexibility index (Phi) is 9.74. The van der Waals surface area contributed by atoms with E-state index in [1.807, 2.05) is 0 Å². The molecule has 122 valence electrons. The number of unbranched alkanes of at least 4 members (excludes halogenated alkanes) is 2. The number of halogens is 1. The van der Waals surface area contributed by atoms with Crippen LogP contribution in [0.4, 0.5) is 0 Å². The number of hydrogen-bond donors (Lipinski definition) is 0. The maximum Gasteiger partial charge on any atom is 0.169 e. The molecule has 0 aliphatic heterocycles. The summed E-state index contributed by atoms with van der Waals surface area (Å²) in [6.07, 6.45) is 12.2. The first-order chi connectivity index (χ1) is 9.73. The summed E-state index contributed by atoms with van der Waals surface area (Å²) in [5.74, 6) is 0. The van der Waals surface area contributed by atoms with Crippen LogP contribution in [0.15, 0.2) is 30.6 Å². The Balaban J connectivity index is 0.000000690. The summed E-state index contributed by atoms with van der Waals surface area (Å²) in [6, 6.07) is 6.36. The Morgan fingerprint density at radius 2 is 1.24 bits per heavy atom. The highest BCUT2D eigenvalue weighted by Gasteiger charge is 2.32. The molecule has 0 bridgehead atoms. The smallest absolute Gasteiger partial charge is 0.169 e. The lowest BCUT2D eigenvalue weighted by Crippen LogP contribution is -2.68. The molecule has 0 saturated carbocycles. The number of aromatic nitrogens is 1. The summed E-state index contributed by atoms with van der Waals surface area (Å²) >= 11 is 0. The summed E-state index contributed by atoms with van der Waals surface area (Å²) in [7, 11) is -4.94. The van der Waals surface area contributed by atoms with Crippen molar-refractivity contribution in [3.63, 3.8) is 0 Å². The van der Waals surface area contributed by atoms with E-state index in [-0.39, 0.29) is 0 Å². The zero-order valence-corrected chi connectivity index (χ0v) is 13.8. The third-order valence-corrected chi connectivity index (χ3v) is 3.48. The van der Waals surface area contributed by atoms with Gasteiger partial charge < -0.3 is 0 Å². The molecule has 0 aliphatic carbocycles. The van der Waals surface area contributed by atoms with E-state index in [1.54, 1.807) is 0 Å². The fraction of sp³-hybridized carbons (Fsp3) is 0.667. The molecule has 0 amide bonds. The molecule has 0 saturated heterocycles. The average Bonchev–Trinajstić information content (AvgIpc) is 2.42. The van der Waals surface area contributed by atoms with Gasteiger partial charge in [-0.2, -0.15) is 0 Å². The average molecular weight is 320 g/mol. The van der Waals surface area contributed by atoms with Gasteiger partial charge in [0, 0.05) is 31.9 Å². The van der Waals surface area contributed by atoms with E-state index < -0.39 is 10.2 Å². The Labute approximate surface area is 129 Å². The quantitative estimate of drug-likeness (QED) is 0.622. The lowest BCUT2D eigenvalue weighted by atomic mass is 9.88. The molecule has 1 aromatic rings. The van der Waals surface area contributed by atoms with Gasteiger partial charge >= 0.3 is 0 Å². The molecule has 0 atom stereocenters. The van der Waals surface area contributed by atoms with E-state index in [9.17, 15) is 0 Å². The second kappa shape index (κ2) is 10.1. The van der Waals surface area contributed by atoms with Gasteiger partial charge in [-0.3, -0.25) is 0 Å². The molecule has 0 aromatic carbocycles. The van der Waals surface area contributed by atoms with Crippen LogP contribution in [0, 0.1) is 10.2 Å². The highest BCUT2D eigenvalue weighted by Crippen LogP contribution is 2.23. The van der Waals surface area contributed by atoms with Crippen LogP contribution in [-0.2, 0) is 5.54 Å². The third kappa shape index (κ3) is 10.6. The van der Waals surface area contributed by atoms with Crippen LogP contribution < -0.4 is 23.2 Å². The first kappa shape index (κ1) is 20.3. The van der Waals surface area contributed by atoms with Crippen molar-refractivity contribution in [1.82, 2.24) is 0 Å². The lowest BCUT2D eigenvalue weighted by Gasteiger charge is -2.24. The lowest BCUT2D eigenvalue weighted by molar-refractivity contribution is -2.00. The van der Waals surface area contributed by atoms with Crippen molar-refractivity contribution >= 4 is 0 Å². The number of pyridine rings is 1. The molecule has 0 fully saturated rings. The van der Waals surface area contributed by atoms with E-state index in [2.05, 4.69) is 55.9 Å². The van der Waals surface area contributed by atoms with Gasteiger partial charge in [-0.25, -0.2) is 23.2 Å². The van der Waals surface area contributed by atoms with Crippen molar-refractivity contribution in [2.24, 2.45) is 0 Å². The zero-order valence-electron chi connectivity index (χ0n) is 13.1. The first-order valence-electron chi connectivity index (χ1n) is 7.31. The molecule has 5 nitrogen and oxygen atoms in total. The van der Waals surface area contributed by atoms with E-state index in [0.29, 0.717) is 5.54 Å². The molecule has 0 spiro atoms. The summed E-state index contributed by atoms with van der Waals surface area (Å²) in [4.78, 5) is 0. The molecule has 0 unspecified atom stereocenters. The Hall–Kier alpha value is -0.720. The van der Waals surface area contributed by atoms with Crippen molar-refractivity contribution in [3.8, 4) is 0 Å². The summed E-state index contributed by atoms with van der Waals surface area (Å²) in [6.45, 7) is 6.95. The van der Waals surface area contributed by atoms with Crippen LogP contribution in [0.5, 0.6) is 0 Å².